The predicted molar refractivity (Wildman–Crippen MR) is 106 cm³/mol. The lowest BCUT2D eigenvalue weighted by atomic mass is 9.97. The van der Waals surface area contributed by atoms with E-state index in [0.717, 1.165) is 0 Å². The van der Waals surface area contributed by atoms with Crippen LogP contribution in [0.25, 0.3) is 0 Å². The van der Waals surface area contributed by atoms with Gasteiger partial charge in [-0.25, -0.2) is 0 Å². The van der Waals surface area contributed by atoms with Crippen LogP contribution in [0.3, 0.4) is 0 Å². The van der Waals surface area contributed by atoms with E-state index >= 15 is 0 Å². The van der Waals surface area contributed by atoms with Crippen molar-refractivity contribution in [3.05, 3.63) is 34.9 Å². The van der Waals surface area contributed by atoms with Crippen molar-refractivity contribution in [2.45, 2.75) is 38.9 Å². The second-order valence-electron chi connectivity index (χ2n) is 7.41. The van der Waals surface area contributed by atoms with E-state index in [1.54, 1.807) is 29.2 Å². The normalized spacial score (nSPS) is 18.1. The summed E-state index contributed by atoms with van der Waals surface area (Å²) in [5.41, 5.74) is 0.391. The largest absolute Gasteiger partial charge is 0.401 e. The van der Waals surface area contributed by atoms with Gasteiger partial charge in [0.1, 0.15) is 6.04 Å². The lowest BCUT2D eigenvalue weighted by molar-refractivity contribution is -0.145. The van der Waals surface area contributed by atoms with Crippen molar-refractivity contribution in [2.24, 2.45) is 5.92 Å². The van der Waals surface area contributed by atoms with Crippen LogP contribution in [0.1, 0.15) is 37.0 Å². The first-order valence-corrected chi connectivity index (χ1v) is 10.1. The average Bonchev–Trinajstić information content (AvgIpc) is 2.89. The molecule has 0 bridgehead atoms. The first kappa shape index (κ1) is 23.5. The number of carbonyl (C=O) groups is 2. The Morgan fingerprint density at radius 3 is 2.38 bits per heavy atom. The summed E-state index contributed by atoms with van der Waals surface area (Å²) in [7, 11) is 0. The number of hydrogen-bond acceptors (Lipinski definition) is 3. The molecule has 0 radical (unpaired) electrons. The van der Waals surface area contributed by atoms with Crippen LogP contribution >= 0.6 is 11.6 Å². The monoisotopic (exact) mass is 433 g/mol. The third-order valence-corrected chi connectivity index (χ3v) is 5.43. The number of rotatable bonds is 6. The maximum Gasteiger partial charge on any atom is 0.401 e. The summed E-state index contributed by atoms with van der Waals surface area (Å²) in [5, 5.41) is 3.31. The highest BCUT2D eigenvalue weighted by atomic mass is 35.5. The Bertz CT molecular complexity index is 697. The molecular formula is C20H27ClF3N3O2. The number of halogens is 4. The second kappa shape index (κ2) is 10.3. The van der Waals surface area contributed by atoms with E-state index in [1.165, 1.54) is 4.90 Å². The molecule has 2 atom stereocenters. The zero-order valence-corrected chi connectivity index (χ0v) is 17.4. The van der Waals surface area contributed by atoms with Gasteiger partial charge in [-0.2, -0.15) is 13.2 Å². The van der Waals surface area contributed by atoms with Gasteiger partial charge in [0, 0.05) is 36.8 Å². The van der Waals surface area contributed by atoms with Crippen molar-refractivity contribution in [1.82, 2.24) is 15.1 Å². The highest BCUT2D eigenvalue weighted by molar-refractivity contribution is 6.30. The number of carbonyl (C=O) groups excluding carboxylic acids is 2. The van der Waals surface area contributed by atoms with E-state index in [4.69, 9.17) is 11.6 Å². The second-order valence-corrected chi connectivity index (χ2v) is 7.85. The molecule has 2 rings (SSSR count). The summed E-state index contributed by atoms with van der Waals surface area (Å²) >= 11 is 5.85. The minimum atomic E-state index is -4.26. The van der Waals surface area contributed by atoms with Gasteiger partial charge in [0.05, 0.1) is 6.54 Å². The smallest absolute Gasteiger partial charge is 0.340 e. The van der Waals surface area contributed by atoms with Crippen LogP contribution in [0.15, 0.2) is 24.3 Å². The molecule has 0 aromatic heterocycles. The van der Waals surface area contributed by atoms with E-state index < -0.39 is 18.8 Å². The summed E-state index contributed by atoms with van der Waals surface area (Å²) in [4.78, 5) is 28.6. The minimum absolute atomic E-state index is 0.117. The molecular weight excluding hydrogens is 407 g/mol. The number of hydrogen-bond donors (Lipinski definition) is 1. The number of benzene rings is 1. The number of alkyl halides is 3. The molecule has 1 aromatic rings. The lowest BCUT2D eigenvalue weighted by Crippen LogP contribution is -2.52. The van der Waals surface area contributed by atoms with Gasteiger partial charge in [-0.3, -0.25) is 14.5 Å². The van der Waals surface area contributed by atoms with Gasteiger partial charge in [-0.15, -0.1) is 0 Å². The Balaban J connectivity index is 2.06. The topological polar surface area (TPSA) is 52.7 Å². The van der Waals surface area contributed by atoms with Crippen molar-refractivity contribution < 1.29 is 22.8 Å². The molecule has 1 aliphatic heterocycles. The maximum atomic E-state index is 13.1. The number of nitrogens with one attached hydrogen (secondary N) is 1. The Hall–Kier alpha value is -1.80. The van der Waals surface area contributed by atoms with Crippen LogP contribution in [0.5, 0.6) is 0 Å². The minimum Gasteiger partial charge on any atom is -0.340 e. The Morgan fingerprint density at radius 2 is 1.79 bits per heavy atom. The summed E-state index contributed by atoms with van der Waals surface area (Å²) in [6.45, 7) is 3.84. The van der Waals surface area contributed by atoms with E-state index in [9.17, 15) is 22.8 Å². The van der Waals surface area contributed by atoms with Gasteiger partial charge >= 0.3 is 6.18 Å². The van der Waals surface area contributed by atoms with Crippen LogP contribution < -0.4 is 5.32 Å². The highest BCUT2D eigenvalue weighted by Crippen LogP contribution is 2.19. The Kier molecular flexibility index (Phi) is 8.34. The fraction of sp³-hybridized carbons (Fsp3) is 0.600. The quantitative estimate of drug-likeness (QED) is 0.746. The van der Waals surface area contributed by atoms with Gasteiger partial charge in [0.15, 0.2) is 0 Å². The standard InChI is InChI=1S/C20H27ClF3N3O2/c1-3-14(2)17(25-18(28)15-5-7-16(21)8-6-15)19(29)27-10-4-9-26(11-12-27)13-20(22,23)24/h5-8,14,17H,3-4,9-13H2,1-2H3,(H,25,28). The molecule has 1 heterocycles. The van der Waals surface area contributed by atoms with Gasteiger partial charge < -0.3 is 10.2 Å². The Morgan fingerprint density at radius 1 is 1.14 bits per heavy atom. The molecule has 1 N–H and O–H groups in total. The van der Waals surface area contributed by atoms with Crippen molar-refractivity contribution in [3.8, 4) is 0 Å². The van der Waals surface area contributed by atoms with Crippen molar-refractivity contribution >= 4 is 23.4 Å². The van der Waals surface area contributed by atoms with Gasteiger partial charge in [0.25, 0.3) is 5.91 Å². The van der Waals surface area contributed by atoms with E-state index in [-0.39, 0.29) is 37.4 Å². The van der Waals surface area contributed by atoms with Crippen molar-refractivity contribution in [2.75, 3.05) is 32.7 Å². The van der Waals surface area contributed by atoms with Crippen LogP contribution in [-0.2, 0) is 4.79 Å². The molecule has 5 nitrogen and oxygen atoms in total. The molecule has 0 saturated carbocycles. The number of nitrogens with zero attached hydrogens (tertiary/aromatic N) is 2. The molecule has 29 heavy (non-hydrogen) atoms. The molecule has 2 amide bonds. The Labute approximate surface area is 174 Å². The van der Waals surface area contributed by atoms with Crippen LogP contribution in [-0.4, -0.2) is 66.6 Å². The van der Waals surface area contributed by atoms with Crippen molar-refractivity contribution in [3.63, 3.8) is 0 Å². The fourth-order valence-corrected chi connectivity index (χ4v) is 3.43. The molecule has 1 fully saturated rings. The first-order valence-electron chi connectivity index (χ1n) is 9.75. The van der Waals surface area contributed by atoms with Crippen LogP contribution in [0, 0.1) is 5.92 Å². The SMILES string of the molecule is CCC(C)C(NC(=O)c1ccc(Cl)cc1)C(=O)N1CCCN(CC(F)(F)F)CC1. The summed E-state index contributed by atoms with van der Waals surface area (Å²) in [6.07, 6.45) is -3.13. The third kappa shape index (κ3) is 7.19. The summed E-state index contributed by atoms with van der Waals surface area (Å²) in [5.74, 6) is -0.752. The molecule has 1 saturated heterocycles. The molecule has 9 heteroatoms. The molecule has 162 valence electrons. The molecule has 1 aliphatic rings. The van der Waals surface area contributed by atoms with E-state index in [0.29, 0.717) is 30.0 Å². The third-order valence-electron chi connectivity index (χ3n) is 5.18. The summed E-state index contributed by atoms with van der Waals surface area (Å²) < 4.78 is 38.0. The van der Waals surface area contributed by atoms with Gasteiger partial charge in [-0.05, 0) is 36.6 Å². The molecule has 0 aliphatic carbocycles. The average molecular weight is 434 g/mol. The maximum absolute atomic E-state index is 13.1. The summed E-state index contributed by atoms with van der Waals surface area (Å²) in [6, 6.07) is 5.62. The van der Waals surface area contributed by atoms with Crippen LogP contribution in [0.4, 0.5) is 13.2 Å². The zero-order valence-electron chi connectivity index (χ0n) is 16.6. The molecule has 2 unspecified atom stereocenters. The molecule has 1 aromatic carbocycles. The lowest BCUT2D eigenvalue weighted by Gasteiger charge is -2.30. The van der Waals surface area contributed by atoms with Crippen molar-refractivity contribution in [1.29, 1.82) is 0 Å². The fourth-order valence-electron chi connectivity index (χ4n) is 3.31. The van der Waals surface area contributed by atoms with Gasteiger partial charge in [-0.1, -0.05) is 31.9 Å². The van der Waals surface area contributed by atoms with Crippen LogP contribution in [0.2, 0.25) is 5.02 Å². The van der Waals surface area contributed by atoms with Gasteiger partial charge in [0.2, 0.25) is 5.91 Å². The predicted octanol–water partition coefficient (Wildman–Crippen LogP) is 3.58. The first-order chi connectivity index (χ1) is 13.6. The zero-order chi connectivity index (χ0) is 21.6. The highest BCUT2D eigenvalue weighted by Gasteiger charge is 2.34. The van der Waals surface area contributed by atoms with E-state index in [2.05, 4.69) is 5.32 Å². The van der Waals surface area contributed by atoms with E-state index in [1.807, 2.05) is 13.8 Å². The molecule has 0 spiro atoms. The number of amides is 2.